The van der Waals surface area contributed by atoms with Crippen LogP contribution in [0.3, 0.4) is 0 Å². The third-order valence-corrected chi connectivity index (χ3v) is 2.95. The smallest absolute Gasteiger partial charge is 0.0622 e. The van der Waals surface area contributed by atoms with Crippen molar-refractivity contribution in [2.75, 3.05) is 6.54 Å². The van der Waals surface area contributed by atoms with Crippen LogP contribution in [-0.2, 0) is 0 Å². The number of hydrogen-bond donors (Lipinski definition) is 1. The third kappa shape index (κ3) is 3.28. The Morgan fingerprint density at radius 2 is 2.00 bits per heavy atom. The fourth-order valence-electron chi connectivity index (χ4n) is 2.11. The first-order valence-corrected chi connectivity index (χ1v) is 5.64. The molecule has 1 N–H and O–H groups in total. The van der Waals surface area contributed by atoms with E-state index in [1.165, 1.54) is 19.3 Å². The van der Waals surface area contributed by atoms with Crippen LogP contribution in [0.5, 0.6) is 0 Å². The second-order valence-electron chi connectivity index (χ2n) is 4.21. The van der Waals surface area contributed by atoms with Crippen LogP contribution < -0.4 is 5.43 Å². The first-order chi connectivity index (χ1) is 6.75. The van der Waals surface area contributed by atoms with Crippen molar-refractivity contribution in [1.29, 1.82) is 5.26 Å². The second kappa shape index (κ2) is 6.00. The van der Waals surface area contributed by atoms with Crippen LogP contribution in [0.15, 0.2) is 0 Å². The van der Waals surface area contributed by atoms with E-state index in [0.717, 1.165) is 13.0 Å². The van der Waals surface area contributed by atoms with Gasteiger partial charge in [0.25, 0.3) is 0 Å². The third-order valence-electron chi connectivity index (χ3n) is 2.95. The van der Waals surface area contributed by atoms with E-state index in [9.17, 15) is 0 Å². The molecule has 0 aromatic heterocycles. The van der Waals surface area contributed by atoms with E-state index in [1.807, 2.05) is 0 Å². The second-order valence-corrected chi connectivity index (χ2v) is 4.21. The predicted molar refractivity (Wildman–Crippen MR) is 57.5 cm³/mol. The van der Waals surface area contributed by atoms with E-state index in [-0.39, 0.29) is 0 Å². The summed E-state index contributed by atoms with van der Waals surface area (Å²) in [4.78, 5) is 0. The maximum absolute atomic E-state index is 8.42. The van der Waals surface area contributed by atoms with Crippen molar-refractivity contribution in [2.24, 2.45) is 0 Å². The fourth-order valence-corrected chi connectivity index (χ4v) is 2.11. The number of nitrogens with zero attached hydrogens (tertiary/aromatic N) is 2. The van der Waals surface area contributed by atoms with Gasteiger partial charge in [0.1, 0.15) is 0 Å². The zero-order valence-corrected chi connectivity index (χ0v) is 9.29. The number of hydrazine groups is 1. The lowest BCUT2D eigenvalue weighted by molar-refractivity contribution is 0.0463. The fraction of sp³-hybridized carbons (Fsp3) is 0.909. The predicted octanol–water partition coefficient (Wildman–Crippen LogP) is 2.06. The average molecular weight is 195 g/mol. The first kappa shape index (κ1) is 11.5. The Morgan fingerprint density at radius 3 is 2.57 bits per heavy atom. The molecule has 0 amide bonds. The molecule has 1 aliphatic rings. The van der Waals surface area contributed by atoms with E-state index in [1.54, 1.807) is 0 Å². The lowest BCUT2D eigenvalue weighted by atomic mass is 10.00. The zero-order valence-electron chi connectivity index (χ0n) is 9.29. The maximum atomic E-state index is 8.42. The summed E-state index contributed by atoms with van der Waals surface area (Å²) < 4.78 is 0. The van der Waals surface area contributed by atoms with Crippen molar-refractivity contribution < 1.29 is 0 Å². The molecule has 2 unspecified atom stereocenters. The van der Waals surface area contributed by atoms with Crippen molar-refractivity contribution in [2.45, 2.75) is 58.0 Å². The quantitative estimate of drug-likeness (QED) is 0.698. The first-order valence-electron chi connectivity index (χ1n) is 5.64. The summed E-state index contributed by atoms with van der Waals surface area (Å²) in [5.74, 6) is 0. The van der Waals surface area contributed by atoms with Gasteiger partial charge in [-0.05, 0) is 33.1 Å². The summed E-state index contributed by atoms with van der Waals surface area (Å²) in [6.07, 6.45) is 5.53. The number of unbranched alkanes of at least 4 members (excludes halogenated alkanes) is 1. The highest BCUT2D eigenvalue weighted by Gasteiger charge is 2.23. The number of rotatable bonds is 4. The molecule has 14 heavy (non-hydrogen) atoms. The van der Waals surface area contributed by atoms with Crippen LogP contribution in [-0.4, -0.2) is 23.6 Å². The highest BCUT2D eigenvalue weighted by molar-refractivity contribution is 4.77. The van der Waals surface area contributed by atoms with Gasteiger partial charge in [-0.25, -0.2) is 5.01 Å². The lowest BCUT2D eigenvalue weighted by Crippen LogP contribution is -2.52. The molecule has 1 rings (SSSR count). The SMILES string of the molecule is CC1CCCC(C)N1NCCCC#N. The van der Waals surface area contributed by atoms with Gasteiger partial charge in [0.2, 0.25) is 0 Å². The number of nitriles is 1. The van der Waals surface area contributed by atoms with Gasteiger partial charge >= 0.3 is 0 Å². The highest BCUT2D eigenvalue weighted by atomic mass is 15.5. The molecule has 1 aliphatic heterocycles. The Morgan fingerprint density at radius 1 is 1.36 bits per heavy atom. The van der Waals surface area contributed by atoms with Crippen molar-refractivity contribution in [3.8, 4) is 6.07 Å². The summed E-state index contributed by atoms with van der Waals surface area (Å²) in [7, 11) is 0. The molecule has 0 aromatic rings. The minimum Gasteiger partial charge on any atom is -0.255 e. The molecule has 3 heteroatoms. The van der Waals surface area contributed by atoms with Crippen molar-refractivity contribution in [1.82, 2.24) is 10.4 Å². The summed E-state index contributed by atoms with van der Waals surface area (Å²) in [6.45, 7) is 5.47. The molecular formula is C11H21N3. The Kier molecular flexibility index (Phi) is 4.92. The number of nitrogens with one attached hydrogen (secondary N) is 1. The summed E-state index contributed by atoms with van der Waals surface area (Å²) in [5.41, 5.74) is 3.44. The molecule has 0 saturated carbocycles. The van der Waals surface area contributed by atoms with Crippen LogP contribution in [0, 0.1) is 11.3 Å². The van der Waals surface area contributed by atoms with Crippen molar-refractivity contribution >= 4 is 0 Å². The van der Waals surface area contributed by atoms with E-state index in [0.29, 0.717) is 18.5 Å². The summed E-state index contributed by atoms with van der Waals surface area (Å²) in [6, 6.07) is 3.45. The van der Waals surface area contributed by atoms with Crippen molar-refractivity contribution in [3.63, 3.8) is 0 Å². The number of hydrogen-bond acceptors (Lipinski definition) is 3. The van der Waals surface area contributed by atoms with Crippen LogP contribution in [0.25, 0.3) is 0 Å². The molecule has 0 aromatic carbocycles. The highest BCUT2D eigenvalue weighted by Crippen LogP contribution is 2.19. The van der Waals surface area contributed by atoms with Crippen molar-refractivity contribution in [3.05, 3.63) is 0 Å². The van der Waals surface area contributed by atoms with Crippen LogP contribution >= 0.6 is 0 Å². The monoisotopic (exact) mass is 195 g/mol. The van der Waals surface area contributed by atoms with Gasteiger partial charge in [-0.2, -0.15) is 5.26 Å². The van der Waals surface area contributed by atoms with Gasteiger partial charge < -0.3 is 0 Å². The van der Waals surface area contributed by atoms with E-state index >= 15 is 0 Å². The largest absolute Gasteiger partial charge is 0.255 e. The molecule has 1 heterocycles. The van der Waals surface area contributed by atoms with E-state index < -0.39 is 0 Å². The Balaban J connectivity index is 2.23. The van der Waals surface area contributed by atoms with E-state index in [2.05, 4.69) is 30.4 Å². The lowest BCUT2D eigenvalue weighted by Gasteiger charge is -2.39. The normalized spacial score (nSPS) is 28.6. The minimum atomic E-state index is 0.640. The molecule has 1 fully saturated rings. The molecular weight excluding hydrogens is 174 g/mol. The molecule has 0 radical (unpaired) electrons. The number of piperidine rings is 1. The molecule has 0 aliphatic carbocycles. The molecule has 1 saturated heterocycles. The zero-order chi connectivity index (χ0) is 10.4. The van der Waals surface area contributed by atoms with Crippen LogP contribution in [0.2, 0.25) is 0 Å². The van der Waals surface area contributed by atoms with Gasteiger partial charge in [0.05, 0.1) is 6.07 Å². The van der Waals surface area contributed by atoms with Gasteiger partial charge in [-0.1, -0.05) is 6.42 Å². The van der Waals surface area contributed by atoms with E-state index in [4.69, 9.17) is 5.26 Å². The molecule has 3 nitrogen and oxygen atoms in total. The van der Waals surface area contributed by atoms with Gasteiger partial charge in [-0.3, -0.25) is 5.43 Å². The molecule has 0 spiro atoms. The molecule has 2 atom stereocenters. The van der Waals surface area contributed by atoms with Gasteiger partial charge in [-0.15, -0.1) is 0 Å². The Labute approximate surface area is 87.1 Å². The average Bonchev–Trinajstić information content (AvgIpc) is 2.16. The van der Waals surface area contributed by atoms with Gasteiger partial charge in [0, 0.05) is 25.0 Å². The van der Waals surface area contributed by atoms with Crippen LogP contribution in [0.4, 0.5) is 0 Å². The van der Waals surface area contributed by atoms with Gasteiger partial charge in [0.15, 0.2) is 0 Å². The summed E-state index contributed by atoms with van der Waals surface area (Å²) >= 11 is 0. The topological polar surface area (TPSA) is 39.1 Å². The Bertz CT molecular complexity index is 187. The maximum Gasteiger partial charge on any atom is 0.0622 e. The van der Waals surface area contributed by atoms with Crippen LogP contribution in [0.1, 0.15) is 46.0 Å². The molecule has 0 bridgehead atoms. The standard InChI is InChI=1S/C11H21N3/c1-10-6-5-7-11(2)14(10)13-9-4-3-8-12/h10-11,13H,3-7,9H2,1-2H3. The Hall–Kier alpha value is -0.590. The molecule has 80 valence electrons. The summed E-state index contributed by atoms with van der Waals surface area (Å²) in [5, 5.41) is 10.8. The minimum absolute atomic E-state index is 0.640.